The molecule has 1 N–H and O–H groups in total. The van der Waals surface area contributed by atoms with Gasteiger partial charge in [0.1, 0.15) is 0 Å². The predicted octanol–water partition coefficient (Wildman–Crippen LogP) is 3.48. The Morgan fingerprint density at radius 2 is 1.94 bits per heavy atom. The fraction of sp³-hybridized carbons (Fsp3) is 0.929. The molecule has 0 saturated heterocycles. The van der Waals surface area contributed by atoms with E-state index in [9.17, 15) is 4.79 Å². The molecule has 0 aromatic rings. The van der Waals surface area contributed by atoms with Crippen LogP contribution in [0.4, 0.5) is 0 Å². The lowest BCUT2D eigenvalue weighted by atomic mass is 9.75. The molecule has 0 spiro atoms. The Labute approximate surface area is 109 Å². The van der Waals surface area contributed by atoms with E-state index in [1.807, 2.05) is 0 Å². The van der Waals surface area contributed by atoms with Gasteiger partial charge in [0.2, 0.25) is 5.91 Å². The van der Waals surface area contributed by atoms with Gasteiger partial charge in [0, 0.05) is 17.3 Å². The molecule has 3 heteroatoms. The van der Waals surface area contributed by atoms with Crippen LogP contribution >= 0.6 is 11.6 Å². The predicted molar refractivity (Wildman–Crippen MR) is 71.2 cm³/mol. The quantitative estimate of drug-likeness (QED) is 0.771. The van der Waals surface area contributed by atoms with Crippen LogP contribution in [0.25, 0.3) is 0 Å². The number of hydrogen-bond donors (Lipinski definition) is 1. The van der Waals surface area contributed by atoms with Crippen LogP contribution in [0.2, 0.25) is 0 Å². The standard InChI is InChI=1S/C14H24ClNO/c1-14(8-3-2-4-9-14)13(17)16-10-11-6-5-7-12(11)15/h11-12H,2-10H2,1H3,(H,16,17). The average molecular weight is 258 g/mol. The molecule has 98 valence electrons. The van der Waals surface area contributed by atoms with E-state index in [4.69, 9.17) is 11.6 Å². The summed E-state index contributed by atoms with van der Waals surface area (Å²) in [6.45, 7) is 2.90. The third-order valence-electron chi connectivity index (χ3n) is 4.60. The first-order valence-corrected chi connectivity index (χ1v) is 7.48. The smallest absolute Gasteiger partial charge is 0.225 e. The van der Waals surface area contributed by atoms with Crippen LogP contribution in [0.15, 0.2) is 0 Å². The fourth-order valence-corrected chi connectivity index (χ4v) is 3.59. The summed E-state index contributed by atoms with van der Waals surface area (Å²) in [6, 6.07) is 0. The summed E-state index contributed by atoms with van der Waals surface area (Å²) in [5, 5.41) is 3.41. The van der Waals surface area contributed by atoms with E-state index in [1.54, 1.807) is 0 Å². The van der Waals surface area contributed by atoms with Gasteiger partial charge >= 0.3 is 0 Å². The Balaban J connectivity index is 1.80. The van der Waals surface area contributed by atoms with Gasteiger partial charge in [-0.25, -0.2) is 0 Å². The van der Waals surface area contributed by atoms with Crippen LogP contribution in [0.5, 0.6) is 0 Å². The van der Waals surface area contributed by atoms with Gasteiger partial charge in [-0.05, 0) is 31.6 Å². The lowest BCUT2D eigenvalue weighted by molar-refractivity contribution is -0.132. The van der Waals surface area contributed by atoms with Crippen LogP contribution in [0.1, 0.15) is 58.3 Å². The minimum Gasteiger partial charge on any atom is -0.355 e. The normalized spacial score (nSPS) is 32.4. The second kappa shape index (κ2) is 5.60. The van der Waals surface area contributed by atoms with Crippen molar-refractivity contribution in [1.29, 1.82) is 0 Å². The first-order chi connectivity index (χ1) is 8.12. The van der Waals surface area contributed by atoms with Crippen molar-refractivity contribution in [3.8, 4) is 0 Å². The summed E-state index contributed by atoms with van der Waals surface area (Å²) >= 11 is 6.23. The van der Waals surface area contributed by atoms with Crippen LogP contribution in [0, 0.1) is 11.3 Å². The largest absolute Gasteiger partial charge is 0.355 e. The molecular formula is C14H24ClNO. The van der Waals surface area contributed by atoms with Gasteiger partial charge < -0.3 is 5.32 Å². The Bertz CT molecular complexity index is 273. The third kappa shape index (κ3) is 3.15. The van der Waals surface area contributed by atoms with E-state index in [2.05, 4.69) is 12.2 Å². The monoisotopic (exact) mass is 257 g/mol. The van der Waals surface area contributed by atoms with E-state index in [0.29, 0.717) is 5.92 Å². The van der Waals surface area contributed by atoms with E-state index in [0.717, 1.165) is 25.8 Å². The topological polar surface area (TPSA) is 29.1 Å². The maximum absolute atomic E-state index is 12.2. The van der Waals surface area contributed by atoms with Crippen LogP contribution in [-0.4, -0.2) is 17.8 Å². The zero-order valence-corrected chi connectivity index (χ0v) is 11.6. The van der Waals surface area contributed by atoms with Gasteiger partial charge in [-0.15, -0.1) is 11.6 Å². The van der Waals surface area contributed by atoms with Crippen molar-refractivity contribution in [3.63, 3.8) is 0 Å². The zero-order chi connectivity index (χ0) is 12.3. The molecule has 0 bridgehead atoms. The summed E-state index contributed by atoms with van der Waals surface area (Å²) in [6.07, 6.45) is 9.28. The number of halogens is 1. The summed E-state index contributed by atoms with van der Waals surface area (Å²) < 4.78 is 0. The molecule has 0 heterocycles. The van der Waals surface area contributed by atoms with Crippen molar-refractivity contribution in [2.45, 2.75) is 63.7 Å². The summed E-state index contributed by atoms with van der Waals surface area (Å²) in [4.78, 5) is 12.2. The van der Waals surface area contributed by atoms with Crippen molar-refractivity contribution >= 4 is 17.5 Å². The second-order valence-corrected chi connectivity index (χ2v) is 6.60. The molecule has 0 aromatic heterocycles. The molecule has 0 aliphatic heterocycles. The lowest BCUT2D eigenvalue weighted by Crippen LogP contribution is -2.42. The molecule has 2 aliphatic carbocycles. The first-order valence-electron chi connectivity index (χ1n) is 7.04. The minimum atomic E-state index is -0.112. The van der Waals surface area contributed by atoms with E-state index in [1.165, 1.54) is 32.1 Å². The summed E-state index contributed by atoms with van der Waals surface area (Å²) in [5.41, 5.74) is -0.112. The molecule has 17 heavy (non-hydrogen) atoms. The summed E-state index contributed by atoms with van der Waals surface area (Å²) in [7, 11) is 0. The van der Waals surface area contributed by atoms with E-state index < -0.39 is 0 Å². The van der Waals surface area contributed by atoms with Crippen LogP contribution in [-0.2, 0) is 4.79 Å². The fourth-order valence-electron chi connectivity index (χ4n) is 3.22. The van der Waals surface area contributed by atoms with Gasteiger partial charge in [-0.3, -0.25) is 4.79 Å². The Kier molecular flexibility index (Phi) is 4.35. The van der Waals surface area contributed by atoms with Crippen molar-refractivity contribution in [2.24, 2.45) is 11.3 Å². The highest BCUT2D eigenvalue weighted by Gasteiger charge is 2.35. The molecule has 0 radical (unpaired) electrons. The van der Waals surface area contributed by atoms with Gasteiger partial charge in [0.15, 0.2) is 0 Å². The van der Waals surface area contributed by atoms with E-state index >= 15 is 0 Å². The van der Waals surface area contributed by atoms with Gasteiger partial charge in [-0.2, -0.15) is 0 Å². The molecule has 2 nitrogen and oxygen atoms in total. The van der Waals surface area contributed by atoms with Crippen molar-refractivity contribution < 1.29 is 4.79 Å². The molecule has 2 atom stereocenters. The highest BCUT2D eigenvalue weighted by atomic mass is 35.5. The number of carbonyl (C=O) groups excluding carboxylic acids is 1. The molecule has 2 saturated carbocycles. The average Bonchev–Trinajstić information content (AvgIpc) is 2.73. The SMILES string of the molecule is CC1(C(=O)NCC2CCCC2Cl)CCCCC1. The number of hydrogen-bond acceptors (Lipinski definition) is 1. The van der Waals surface area contributed by atoms with E-state index in [-0.39, 0.29) is 16.7 Å². The molecule has 2 aliphatic rings. The molecule has 0 aromatic carbocycles. The highest BCUT2D eigenvalue weighted by molar-refractivity contribution is 6.21. The Morgan fingerprint density at radius 3 is 2.53 bits per heavy atom. The molecule has 1 amide bonds. The molecular weight excluding hydrogens is 234 g/mol. The number of rotatable bonds is 3. The maximum Gasteiger partial charge on any atom is 0.225 e. The Hall–Kier alpha value is -0.240. The number of carbonyl (C=O) groups is 1. The van der Waals surface area contributed by atoms with Gasteiger partial charge in [-0.1, -0.05) is 32.6 Å². The number of alkyl halides is 1. The number of amides is 1. The van der Waals surface area contributed by atoms with Gasteiger partial charge in [0.25, 0.3) is 0 Å². The van der Waals surface area contributed by atoms with Crippen molar-refractivity contribution in [1.82, 2.24) is 5.32 Å². The molecule has 2 unspecified atom stereocenters. The zero-order valence-electron chi connectivity index (χ0n) is 10.8. The molecule has 2 fully saturated rings. The number of nitrogens with one attached hydrogen (secondary N) is 1. The van der Waals surface area contributed by atoms with Crippen molar-refractivity contribution in [2.75, 3.05) is 6.54 Å². The highest BCUT2D eigenvalue weighted by Crippen LogP contribution is 2.36. The summed E-state index contributed by atoms with van der Waals surface area (Å²) in [5.74, 6) is 0.751. The Morgan fingerprint density at radius 1 is 1.24 bits per heavy atom. The van der Waals surface area contributed by atoms with Gasteiger partial charge in [0.05, 0.1) is 0 Å². The van der Waals surface area contributed by atoms with Crippen molar-refractivity contribution in [3.05, 3.63) is 0 Å². The van der Waals surface area contributed by atoms with Crippen LogP contribution < -0.4 is 5.32 Å². The molecule has 2 rings (SSSR count). The first kappa shape index (κ1) is 13.2. The van der Waals surface area contributed by atoms with Crippen LogP contribution in [0.3, 0.4) is 0 Å². The third-order valence-corrected chi connectivity index (χ3v) is 5.17. The maximum atomic E-state index is 12.2. The second-order valence-electron chi connectivity index (χ2n) is 6.04. The minimum absolute atomic E-state index is 0.112. The lowest BCUT2D eigenvalue weighted by Gasteiger charge is -2.32.